The van der Waals surface area contributed by atoms with E-state index in [9.17, 15) is 4.39 Å². The van der Waals surface area contributed by atoms with Gasteiger partial charge in [0.25, 0.3) is 0 Å². The summed E-state index contributed by atoms with van der Waals surface area (Å²) in [5, 5.41) is 3.17. The molecule has 0 radical (unpaired) electrons. The van der Waals surface area contributed by atoms with Gasteiger partial charge in [0, 0.05) is 23.9 Å². The lowest BCUT2D eigenvalue weighted by Gasteiger charge is -2.14. The number of anilines is 2. The van der Waals surface area contributed by atoms with Crippen molar-refractivity contribution in [3.05, 3.63) is 53.8 Å². The Hall–Kier alpha value is -2.23. The van der Waals surface area contributed by atoms with Gasteiger partial charge in [0.1, 0.15) is 11.6 Å². The highest BCUT2D eigenvalue weighted by Crippen LogP contribution is 2.26. The summed E-state index contributed by atoms with van der Waals surface area (Å²) in [7, 11) is 0. The van der Waals surface area contributed by atoms with Crippen LogP contribution in [0.5, 0.6) is 5.75 Å². The second kappa shape index (κ2) is 6.28. The van der Waals surface area contributed by atoms with Gasteiger partial charge in [-0.15, -0.1) is 0 Å². The molecule has 0 saturated carbocycles. The Bertz CT molecular complexity index is 584. The molecule has 2 aromatic carbocycles. The fourth-order valence-electron chi connectivity index (χ4n) is 1.84. The summed E-state index contributed by atoms with van der Waals surface area (Å²) < 4.78 is 19.1. The van der Waals surface area contributed by atoms with Crippen molar-refractivity contribution in [2.24, 2.45) is 0 Å². The summed E-state index contributed by atoms with van der Waals surface area (Å²) >= 11 is 0. The fourth-order valence-corrected chi connectivity index (χ4v) is 1.84. The molecule has 0 atom stereocenters. The average Bonchev–Trinajstić information content (AvgIpc) is 2.40. The molecule has 0 bridgehead atoms. The van der Waals surface area contributed by atoms with Gasteiger partial charge in [-0.05, 0) is 32.0 Å². The first-order chi connectivity index (χ1) is 9.56. The number of hydrogen-bond donors (Lipinski definition) is 2. The van der Waals surface area contributed by atoms with E-state index in [4.69, 9.17) is 10.5 Å². The van der Waals surface area contributed by atoms with Crippen LogP contribution in [0.25, 0.3) is 0 Å². The summed E-state index contributed by atoms with van der Waals surface area (Å²) in [6.45, 7) is 4.30. The van der Waals surface area contributed by atoms with Crippen LogP contribution in [0.15, 0.2) is 42.5 Å². The van der Waals surface area contributed by atoms with Crippen LogP contribution in [0.1, 0.15) is 19.4 Å². The van der Waals surface area contributed by atoms with Gasteiger partial charge in [-0.25, -0.2) is 4.39 Å². The van der Waals surface area contributed by atoms with Crippen LogP contribution < -0.4 is 15.8 Å². The van der Waals surface area contributed by atoms with Crippen molar-refractivity contribution in [2.75, 3.05) is 11.1 Å². The molecule has 0 fully saturated rings. The van der Waals surface area contributed by atoms with E-state index >= 15 is 0 Å². The Morgan fingerprint density at radius 3 is 2.65 bits per heavy atom. The minimum Gasteiger partial charge on any atom is -0.489 e. The fraction of sp³-hybridized carbons (Fsp3) is 0.250. The summed E-state index contributed by atoms with van der Waals surface area (Å²) in [6, 6.07) is 12.2. The molecule has 2 rings (SSSR count). The van der Waals surface area contributed by atoms with E-state index in [0.29, 0.717) is 23.5 Å². The number of hydrogen-bond acceptors (Lipinski definition) is 3. The third-order valence-corrected chi connectivity index (χ3v) is 2.82. The van der Waals surface area contributed by atoms with Crippen molar-refractivity contribution in [1.29, 1.82) is 0 Å². The molecule has 0 aliphatic carbocycles. The van der Waals surface area contributed by atoms with Gasteiger partial charge in [-0.3, -0.25) is 0 Å². The van der Waals surface area contributed by atoms with Crippen molar-refractivity contribution < 1.29 is 9.13 Å². The molecule has 0 spiro atoms. The lowest BCUT2D eigenvalue weighted by atomic mass is 10.2. The highest BCUT2D eigenvalue weighted by molar-refractivity contribution is 5.61. The van der Waals surface area contributed by atoms with Gasteiger partial charge in [-0.2, -0.15) is 0 Å². The number of benzene rings is 2. The molecule has 20 heavy (non-hydrogen) atoms. The quantitative estimate of drug-likeness (QED) is 0.815. The standard InChI is InChI=1S/C16H19FN2O/c1-11(2)20-16-9-13(7-8-15(16)18)19-10-12-5-3-4-6-14(12)17/h3-9,11,19H,10,18H2,1-2H3. The monoisotopic (exact) mass is 274 g/mol. The molecular formula is C16H19FN2O. The maximum atomic E-state index is 13.5. The Labute approximate surface area is 118 Å². The number of nitrogens with one attached hydrogen (secondary N) is 1. The zero-order valence-electron chi connectivity index (χ0n) is 11.7. The number of nitrogens with two attached hydrogens (primary N) is 1. The molecule has 0 aliphatic heterocycles. The maximum absolute atomic E-state index is 13.5. The second-order valence-electron chi connectivity index (χ2n) is 4.86. The number of rotatable bonds is 5. The zero-order chi connectivity index (χ0) is 14.5. The normalized spacial score (nSPS) is 10.6. The van der Waals surface area contributed by atoms with Gasteiger partial charge >= 0.3 is 0 Å². The Kier molecular flexibility index (Phi) is 4.45. The maximum Gasteiger partial charge on any atom is 0.144 e. The molecule has 106 valence electrons. The first-order valence-corrected chi connectivity index (χ1v) is 6.59. The highest BCUT2D eigenvalue weighted by Gasteiger charge is 2.05. The smallest absolute Gasteiger partial charge is 0.144 e. The van der Waals surface area contributed by atoms with E-state index < -0.39 is 0 Å². The lowest BCUT2D eigenvalue weighted by molar-refractivity contribution is 0.244. The third kappa shape index (κ3) is 3.63. The van der Waals surface area contributed by atoms with Gasteiger partial charge in [0.05, 0.1) is 11.8 Å². The van der Waals surface area contributed by atoms with E-state index in [1.165, 1.54) is 6.07 Å². The predicted molar refractivity (Wildman–Crippen MR) is 80.3 cm³/mol. The Morgan fingerprint density at radius 1 is 1.20 bits per heavy atom. The number of halogens is 1. The second-order valence-corrected chi connectivity index (χ2v) is 4.86. The predicted octanol–water partition coefficient (Wildman–Crippen LogP) is 3.81. The third-order valence-electron chi connectivity index (χ3n) is 2.82. The number of nitrogen functional groups attached to an aromatic ring is 1. The minimum absolute atomic E-state index is 0.0547. The summed E-state index contributed by atoms with van der Waals surface area (Å²) in [6.07, 6.45) is 0.0547. The average molecular weight is 274 g/mol. The van der Waals surface area contributed by atoms with Gasteiger partial charge < -0.3 is 15.8 Å². The van der Waals surface area contributed by atoms with Crippen LogP contribution in [-0.2, 0) is 6.54 Å². The molecule has 4 heteroatoms. The molecule has 0 aliphatic rings. The summed E-state index contributed by atoms with van der Waals surface area (Å²) in [5.41, 5.74) is 7.92. The SMILES string of the molecule is CC(C)Oc1cc(NCc2ccccc2F)ccc1N. The lowest BCUT2D eigenvalue weighted by Crippen LogP contribution is -2.08. The van der Waals surface area contributed by atoms with Gasteiger partial charge in [-0.1, -0.05) is 18.2 Å². The van der Waals surface area contributed by atoms with Gasteiger partial charge in [0.2, 0.25) is 0 Å². The Balaban J connectivity index is 2.08. The van der Waals surface area contributed by atoms with Crippen molar-refractivity contribution in [3.8, 4) is 5.75 Å². The molecule has 0 saturated heterocycles. The summed E-state index contributed by atoms with van der Waals surface area (Å²) in [5.74, 6) is 0.424. The minimum atomic E-state index is -0.214. The first kappa shape index (κ1) is 14.2. The highest BCUT2D eigenvalue weighted by atomic mass is 19.1. The molecular weight excluding hydrogens is 255 g/mol. The topological polar surface area (TPSA) is 47.3 Å². The van der Waals surface area contributed by atoms with E-state index in [1.54, 1.807) is 18.2 Å². The van der Waals surface area contributed by atoms with E-state index in [-0.39, 0.29) is 11.9 Å². The zero-order valence-corrected chi connectivity index (χ0v) is 11.7. The van der Waals surface area contributed by atoms with E-state index in [0.717, 1.165) is 5.69 Å². The van der Waals surface area contributed by atoms with Crippen molar-refractivity contribution in [3.63, 3.8) is 0 Å². The van der Waals surface area contributed by atoms with Crippen LogP contribution in [-0.4, -0.2) is 6.10 Å². The Morgan fingerprint density at radius 2 is 1.95 bits per heavy atom. The van der Waals surface area contributed by atoms with Crippen LogP contribution in [0.4, 0.5) is 15.8 Å². The van der Waals surface area contributed by atoms with Gasteiger partial charge in [0.15, 0.2) is 0 Å². The molecule has 3 nitrogen and oxygen atoms in total. The number of ether oxygens (including phenoxy) is 1. The van der Waals surface area contributed by atoms with Crippen LogP contribution in [0, 0.1) is 5.82 Å². The van der Waals surface area contributed by atoms with Crippen LogP contribution in [0.2, 0.25) is 0 Å². The molecule has 0 unspecified atom stereocenters. The van der Waals surface area contributed by atoms with Crippen molar-refractivity contribution in [2.45, 2.75) is 26.5 Å². The van der Waals surface area contributed by atoms with Crippen LogP contribution >= 0.6 is 0 Å². The van der Waals surface area contributed by atoms with Crippen molar-refractivity contribution >= 4 is 11.4 Å². The molecule has 0 amide bonds. The van der Waals surface area contributed by atoms with Crippen LogP contribution in [0.3, 0.4) is 0 Å². The summed E-state index contributed by atoms with van der Waals surface area (Å²) in [4.78, 5) is 0. The largest absolute Gasteiger partial charge is 0.489 e. The van der Waals surface area contributed by atoms with E-state index in [2.05, 4.69) is 5.32 Å². The molecule has 0 aromatic heterocycles. The molecule has 3 N–H and O–H groups in total. The molecule has 2 aromatic rings. The van der Waals surface area contributed by atoms with Crippen molar-refractivity contribution in [1.82, 2.24) is 0 Å². The first-order valence-electron chi connectivity index (χ1n) is 6.59. The molecule has 0 heterocycles. The van der Waals surface area contributed by atoms with E-state index in [1.807, 2.05) is 32.0 Å².